The summed E-state index contributed by atoms with van der Waals surface area (Å²) in [6.45, 7) is 3.80. The van der Waals surface area contributed by atoms with E-state index in [0.717, 1.165) is 10.6 Å². The SMILES string of the molecule is CCOc1cccc(S(=O)(=O)N(C)[C@H](C)CS(C)(=O)=O)c1. The zero-order valence-corrected chi connectivity index (χ0v) is 14.2. The van der Waals surface area contributed by atoms with Gasteiger partial charge < -0.3 is 4.74 Å². The summed E-state index contributed by atoms with van der Waals surface area (Å²) < 4.78 is 53.9. The maximum atomic E-state index is 12.5. The van der Waals surface area contributed by atoms with Crippen molar-refractivity contribution in [1.29, 1.82) is 0 Å². The van der Waals surface area contributed by atoms with E-state index >= 15 is 0 Å². The Morgan fingerprint density at radius 1 is 1.24 bits per heavy atom. The van der Waals surface area contributed by atoms with Crippen LogP contribution in [0.1, 0.15) is 13.8 Å². The molecule has 1 aromatic carbocycles. The van der Waals surface area contributed by atoms with Crippen LogP contribution in [0.3, 0.4) is 0 Å². The minimum atomic E-state index is -3.76. The lowest BCUT2D eigenvalue weighted by Gasteiger charge is -2.23. The molecule has 0 saturated carbocycles. The Morgan fingerprint density at radius 2 is 1.86 bits per heavy atom. The first-order valence-corrected chi connectivity index (χ1v) is 9.96. The van der Waals surface area contributed by atoms with Crippen molar-refractivity contribution in [1.82, 2.24) is 4.31 Å². The molecule has 1 rings (SSSR count). The van der Waals surface area contributed by atoms with Gasteiger partial charge in [0.05, 0.1) is 17.3 Å². The first-order chi connectivity index (χ1) is 9.58. The lowest BCUT2D eigenvalue weighted by Crippen LogP contribution is -2.39. The first-order valence-electron chi connectivity index (χ1n) is 6.46. The smallest absolute Gasteiger partial charge is 0.243 e. The van der Waals surface area contributed by atoms with Crippen LogP contribution in [0, 0.1) is 0 Å². The molecule has 120 valence electrons. The topological polar surface area (TPSA) is 80.8 Å². The molecule has 8 heteroatoms. The number of sulfone groups is 1. The molecule has 0 saturated heterocycles. The van der Waals surface area contributed by atoms with Gasteiger partial charge in [-0.3, -0.25) is 0 Å². The number of ether oxygens (including phenoxy) is 1. The fourth-order valence-corrected chi connectivity index (χ4v) is 4.43. The zero-order valence-electron chi connectivity index (χ0n) is 12.6. The van der Waals surface area contributed by atoms with E-state index in [4.69, 9.17) is 4.74 Å². The second kappa shape index (κ2) is 6.76. The minimum Gasteiger partial charge on any atom is -0.494 e. The lowest BCUT2D eigenvalue weighted by molar-refractivity contribution is 0.339. The van der Waals surface area contributed by atoms with Crippen molar-refractivity contribution in [3.05, 3.63) is 24.3 Å². The summed E-state index contributed by atoms with van der Waals surface area (Å²) in [6, 6.07) is 5.50. The molecule has 0 aliphatic rings. The highest BCUT2D eigenvalue weighted by Gasteiger charge is 2.27. The van der Waals surface area contributed by atoms with Gasteiger partial charge in [0.2, 0.25) is 10.0 Å². The highest BCUT2D eigenvalue weighted by Crippen LogP contribution is 2.21. The van der Waals surface area contributed by atoms with Crippen LogP contribution in [-0.4, -0.2) is 52.8 Å². The molecule has 0 amide bonds. The van der Waals surface area contributed by atoms with Crippen LogP contribution in [0.4, 0.5) is 0 Å². The molecule has 21 heavy (non-hydrogen) atoms. The van der Waals surface area contributed by atoms with E-state index in [1.165, 1.54) is 19.2 Å². The third kappa shape index (κ3) is 4.98. The lowest BCUT2D eigenvalue weighted by atomic mass is 10.3. The van der Waals surface area contributed by atoms with Crippen molar-refractivity contribution < 1.29 is 21.6 Å². The number of rotatable bonds is 7. The minimum absolute atomic E-state index is 0.0799. The summed E-state index contributed by atoms with van der Waals surface area (Å²) in [5.74, 6) is 0.233. The van der Waals surface area contributed by atoms with E-state index in [-0.39, 0.29) is 10.6 Å². The molecule has 0 aliphatic heterocycles. The fraction of sp³-hybridized carbons (Fsp3) is 0.538. The summed E-state index contributed by atoms with van der Waals surface area (Å²) in [5, 5.41) is 0. The van der Waals surface area contributed by atoms with Crippen LogP contribution in [0.15, 0.2) is 29.2 Å². The molecule has 0 bridgehead atoms. The van der Waals surface area contributed by atoms with Gasteiger partial charge in [0.15, 0.2) is 0 Å². The molecule has 0 fully saturated rings. The Morgan fingerprint density at radius 3 is 2.38 bits per heavy atom. The van der Waals surface area contributed by atoms with E-state index in [2.05, 4.69) is 0 Å². The monoisotopic (exact) mass is 335 g/mol. The van der Waals surface area contributed by atoms with Crippen molar-refractivity contribution in [3.8, 4) is 5.75 Å². The molecule has 0 N–H and O–H groups in total. The first kappa shape index (κ1) is 17.9. The number of sulfonamides is 1. The van der Waals surface area contributed by atoms with E-state index in [1.54, 1.807) is 19.1 Å². The molecule has 0 spiro atoms. The van der Waals surface area contributed by atoms with Gasteiger partial charge in [0, 0.05) is 25.4 Å². The van der Waals surface area contributed by atoms with Gasteiger partial charge in [-0.05, 0) is 26.0 Å². The molecule has 6 nitrogen and oxygen atoms in total. The molecular formula is C13H21NO5S2. The van der Waals surface area contributed by atoms with E-state index in [1.807, 2.05) is 6.92 Å². The maximum Gasteiger partial charge on any atom is 0.243 e. The van der Waals surface area contributed by atoms with Crippen LogP contribution in [0.25, 0.3) is 0 Å². The van der Waals surface area contributed by atoms with Crippen LogP contribution >= 0.6 is 0 Å². The molecular weight excluding hydrogens is 314 g/mol. The largest absolute Gasteiger partial charge is 0.494 e. The molecule has 1 atom stereocenters. The number of benzene rings is 1. The average molecular weight is 335 g/mol. The predicted molar refractivity (Wildman–Crippen MR) is 81.7 cm³/mol. The molecule has 0 aromatic heterocycles. The Kier molecular flexibility index (Phi) is 5.77. The summed E-state index contributed by atoms with van der Waals surface area (Å²) in [7, 11) is -5.65. The second-order valence-electron chi connectivity index (χ2n) is 4.87. The fourth-order valence-electron chi connectivity index (χ4n) is 1.84. The van der Waals surface area contributed by atoms with Gasteiger partial charge in [0.1, 0.15) is 15.6 Å². The molecule has 0 aliphatic carbocycles. The molecule has 0 radical (unpaired) electrons. The summed E-state index contributed by atoms with van der Waals surface area (Å²) in [6.07, 6.45) is 1.08. The zero-order chi connectivity index (χ0) is 16.3. The average Bonchev–Trinajstić information content (AvgIpc) is 2.36. The normalized spacial score (nSPS) is 14.1. The molecule has 0 heterocycles. The highest BCUT2D eigenvalue weighted by atomic mass is 32.2. The summed E-state index contributed by atoms with van der Waals surface area (Å²) in [4.78, 5) is 0.0799. The van der Waals surface area contributed by atoms with Gasteiger partial charge in [-0.1, -0.05) is 6.07 Å². The Labute approximate surface area is 126 Å². The van der Waals surface area contributed by atoms with Crippen LogP contribution < -0.4 is 4.74 Å². The maximum absolute atomic E-state index is 12.5. The predicted octanol–water partition coefficient (Wildman–Crippen LogP) is 1.14. The standard InChI is InChI=1S/C13H21NO5S2/c1-5-19-12-7-6-8-13(9-12)21(17,18)14(3)11(2)10-20(4,15)16/h6-9,11H,5,10H2,1-4H3/t11-/m1/s1. The molecule has 0 unspecified atom stereocenters. The second-order valence-corrected chi connectivity index (χ2v) is 9.05. The Hall–Kier alpha value is -1.12. The van der Waals surface area contributed by atoms with Crippen molar-refractivity contribution in [3.63, 3.8) is 0 Å². The number of hydrogen-bond donors (Lipinski definition) is 0. The van der Waals surface area contributed by atoms with Gasteiger partial charge in [-0.2, -0.15) is 4.31 Å². The Balaban J connectivity index is 3.07. The van der Waals surface area contributed by atoms with Gasteiger partial charge in [0.25, 0.3) is 0 Å². The summed E-state index contributed by atoms with van der Waals surface area (Å²) >= 11 is 0. The van der Waals surface area contributed by atoms with E-state index in [9.17, 15) is 16.8 Å². The quantitative estimate of drug-likeness (QED) is 0.746. The van der Waals surface area contributed by atoms with Gasteiger partial charge in [-0.25, -0.2) is 16.8 Å². The Bertz CT molecular complexity index is 682. The van der Waals surface area contributed by atoms with Gasteiger partial charge in [-0.15, -0.1) is 0 Å². The summed E-state index contributed by atoms with van der Waals surface area (Å²) in [5.41, 5.74) is 0. The van der Waals surface area contributed by atoms with Crippen LogP contribution in [-0.2, 0) is 19.9 Å². The van der Waals surface area contributed by atoms with Crippen LogP contribution in [0.2, 0.25) is 0 Å². The third-order valence-electron chi connectivity index (χ3n) is 2.96. The third-order valence-corrected chi connectivity index (χ3v) is 6.01. The number of nitrogens with zero attached hydrogens (tertiary/aromatic N) is 1. The van der Waals surface area contributed by atoms with Crippen molar-refractivity contribution in [2.75, 3.05) is 25.7 Å². The van der Waals surface area contributed by atoms with Crippen LogP contribution in [0.5, 0.6) is 5.75 Å². The van der Waals surface area contributed by atoms with Crippen molar-refractivity contribution >= 4 is 19.9 Å². The molecule has 1 aromatic rings. The number of hydrogen-bond acceptors (Lipinski definition) is 5. The van der Waals surface area contributed by atoms with E-state index < -0.39 is 25.9 Å². The van der Waals surface area contributed by atoms with E-state index in [0.29, 0.717) is 12.4 Å². The van der Waals surface area contributed by atoms with Gasteiger partial charge >= 0.3 is 0 Å². The van der Waals surface area contributed by atoms with Crippen molar-refractivity contribution in [2.45, 2.75) is 24.8 Å². The highest BCUT2D eigenvalue weighted by molar-refractivity contribution is 7.91. The van der Waals surface area contributed by atoms with Crippen molar-refractivity contribution in [2.24, 2.45) is 0 Å².